The van der Waals surface area contributed by atoms with Gasteiger partial charge in [-0.1, -0.05) is 6.07 Å². The van der Waals surface area contributed by atoms with Gasteiger partial charge in [0.2, 0.25) is 5.82 Å². The smallest absolute Gasteiger partial charge is 0.200 e. The molecule has 4 heterocycles. The number of pyridine rings is 2. The Bertz CT molecular complexity index is 1090. The lowest BCUT2D eigenvalue weighted by molar-refractivity contribution is 0.283. The highest BCUT2D eigenvalue weighted by Gasteiger charge is 2.15. The molecule has 8 heteroatoms. The highest BCUT2D eigenvalue weighted by molar-refractivity contribution is 5.78. The van der Waals surface area contributed by atoms with Crippen LogP contribution in [0.3, 0.4) is 0 Å². The monoisotopic (exact) mass is 350 g/mol. The first kappa shape index (κ1) is 16.1. The highest BCUT2D eigenvalue weighted by Crippen LogP contribution is 2.27. The normalized spacial score (nSPS) is 11.0. The molecule has 0 radical (unpaired) electrons. The number of anilines is 2. The van der Waals surface area contributed by atoms with E-state index < -0.39 is 5.82 Å². The number of nitrogens with one attached hydrogen (secondary N) is 1. The predicted octanol–water partition coefficient (Wildman–Crippen LogP) is 2.87. The van der Waals surface area contributed by atoms with Gasteiger partial charge in [0.15, 0.2) is 11.6 Å². The molecule has 0 aliphatic carbocycles. The van der Waals surface area contributed by atoms with Gasteiger partial charge in [-0.25, -0.2) is 18.9 Å². The van der Waals surface area contributed by atoms with Crippen molar-refractivity contribution in [2.24, 2.45) is 0 Å². The SMILES string of the molecule is Cc1cccc(-c2nc(Nc3ccncc3F)c3c(CO)ccn3n2)n1. The van der Waals surface area contributed by atoms with E-state index in [0.717, 1.165) is 11.9 Å². The van der Waals surface area contributed by atoms with E-state index in [0.29, 0.717) is 28.4 Å². The maximum atomic E-state index is 14.0. The average Bonchev–Trinajstić information content (AvgIpc) is 3.07. The van der Waals surface area contributed by atoms with E-state index in [2.05, 4.69) is 25.4 Å². The minimum absolute atomic E-state index is 0.185. The Kier molecular flexibility index (Phi) is 4.02. The van der Waals surface area contributed by atoms with E-state index >= 15 is 0 Å². The van der Waals surface area contributed by atoms with Crippen LogP contribution in [0.4, 0.5) is 15.9 Å². The van der Waals surface area contributed by atoms with E-state index in [1.54, 1.807) is 22.8 Å². The van der Waals surface area contributed by atoms with Gasteiger partial charge in [0.05, 0.1) is 18.5 Å². The Hall–Kier alpha value is -3.39. The van der Waals surface area contributed by atoms with Crippen molar-refractivity contribution in [2.45, 2.75) is 13.5 Å². The number of aromatic nitrogens is 5. The van der Waals surface area contributed by atoms with Crippen molar-refractivity contribution in [3.05, 3.63) is 66.0 Å². The molecular formula is C18H15FN6O. The van der Waals surface area contributed by atoms with E-state index in [1.165, 1.54) is 12.3 Å². The fourth-order valence-corrected chi connectivity index (χ4v) is 2.68. The summed E-state index contributed by atoms with van der Waals surface area (Å²) >= 11 is 0. The summed E-state index contributed by atoms with van der Waals surface area (Å²) in [6.07, 6.45) is 4.32. The molecule has 0 aromatic carbocycles. The van der Waals surface area contributed by atoms with Gasteiger partial charge in [-0.05, 0) is 31.2 Å². The van der Waals surface area contributed by atoms with Crippen LogP contribution in [-0.2, 0) is 6.61 Å². The summed E-state index contributed by atoms with van der Waals surface area (Å²) in [5, 5.41) is 17.0. The third-order valence-electron chi connectivity index (χ3n) is 3.91. The lowest BCUT2D eigenvalue weighted by atomic mass is 10.2. The lowest BCUT2D eigenvalue weighted by Crippen LogP contribution is -2.06. The molecule has 4 rings (SSSR count). The summed E-state index contributed by atoms with van der Waals surface area (Å²) in [6.45, 7) is 1.70. The first-order chi connectivity index (χ1) is 12.7. The van der Waals surface area contributed by atoms with Crippen molar-refractivity contribution in [3.63, 3.8) is 0 Å². The molecule has 130 valence electrons. The molecule has 7 nitrogen and oxygen atoms in total. The highest BCUT2D eigenvalue weighted by atomic mass is 19.1. The summed E-state index contributed by atoms with van der Waals surface area (Å²) < 4.78 is 15.6. The molecule has 0 atom stereocenters. The summed E-state index contributed by atoms with van der Waals surface area (Å²) in [7, 11) is 0. The van der Waals surface area contributed by atoms with Gasteiger partial charge in [0.25, 0.3) is 0 Å². The third-order valence-corrected chi connectivity index (χ3v) is 3.91. The van der Waals surface area contributed by atoms with Gasteiger partial charge in [0, 0.05) is 23.7 Å². The number of aliphatic hydroxyl groups excluding tert-OH is 1. The van der Waals surface area contributed by atoms with Crippen LogP contribution in [0.1, 0.15) is 11.3 Å². The Labute approximate surface area is 148 Å². The van der Waals surface area contributed by atoms with Crippen molar-refractivity contribution in [3.8, 4) is 11.5 Å². The molecule has 0 amide bonds. The van der Waals surface area contributed by atoms with Crippen LogP contribution in [0.2, 0.25) is 0 Å². The minimum atomic E-state index is -0.503. The number of rotatable bonds is 4. The summed E-state index contributed by atoms with van der Waals surface area (Å²) in [5.41, 5.74) is 2.87. The fourth-order valence-electron chi connectivity index (χ4n) is 2.68. The third kappa shape index (κ3) is 2.86. The van der Waals surface area contributed by atoms with Crippen molar-refractivity contribution in [2.75, 3.05) is 5.32 Å². The molecule has 0 unspecified atom stereocenters. The number of aliphatic hydroxyl groups is 1. The van der Waals surface area contributed by atoms with Gasteiger partial charge in [0.1, 0.15) is 11.2 Å². The number of halogens is 1. The number of nitrogens with zero attached hydrogens (tertiary/aromatic N) is 5. The second kappa shape index (κ2) is 6.49. The maximum absolute atomic E-state index is 14.0. The average molecular weight is 350 g/mol. The fraction of sp³-hybridized carbons (Fsp3) is 0.111. The first-order valence-electron chi connectivity index (χ1n) is 7.95. The predicted molar refractivity (Wildman–Crippen MR) is 94.4 cm³/mol. The minimum Gasteiger partial charge on any atom is -0.392 e. The molecule has 0 aliphatic heterocycles. The van der Waals surface area contributed by atoms with Crippen LogP contribution in [0.15, 0.2) is 48.9 Å². The quantitative estimate of drug-likeness (QED) is 0.588. The van der Waals surface area contributed by atoms with Gasteiger partial charge < -0.3 is 10.4 Å². The van der Waals surface area contributed by atoms with Crippen LogP contribution < -0.4 is 5.32 Å². The molecule has 0 saturated heterocycles. The Morgan fingerprint density at radius 1 is 1.19 bits per heavy atom. The van der Waals surface area contributed by atoms with E-state index in [1.807, 2.05) is 19.1 Å². The molecule has 0 saturated carbocycles. The molecule has 0 aliphatic rings. The second-order valence-electron chi connectivity index (χ2n) is 5.72. The van der Waals surface area contributed by atoms with Crippen LogP contribution in [0, 0.1) is 12.7 Å². The Morgan fingerprint density at radius 3 is 2.85 bits per heavy atom. The molecule has 4 aromatic heterocycles. The van der Waals surface area contributed by atoms with Crippen molar-refractivity contribution in [1.29, 1.82) is 0 Å². The van der Waals surface area contributed by atoms with Gasteiger partial charge in [-0.2, -0.15) is 0 Å². The number of fused-ring (bicyclic) bond motifs is 1. The van der Waals surface area contributed by atoms with E-state index in [4.69, 9.17) is 0 Å². The van der Waals surface area contributed by atoms with Crippen molar-refractivity contribution >= 4 is 17.0 Å². The van der Waals surface area contributed by atoms with Crippen LogP contribution in [0.5, 0.6) is 0 Å². The van der Waals surface area contributed by atoms with E-state index in [9.17, 15) is 9.50 Å². The summed E-state index contributed by atoms with van der Waals surface area (Å²) in [6, 6.07) is 8.82. The number of hydrogen-bond donors (Lipinski definition) is 2. The van der Waals surface area contributed by atoms with Gasteiger partial charge >= 0.3 is 0 Å². The molecule has 0 spiro atoms. The lowest BCUT2D eigenvalue weighted by Gasteiger charge is -2.11. The van der Waals surface area contributed by atoms with Crippen molar-refractivity contribution < 1.29 is 9.50 Å². The second-order valence-corrected chi connectivity index (χ2v) is 5.72. The first-order valence-corrected chi connectivity index (χ1v) is 7.95. The zero-order valence-corrected chi connectivity index (χ0v) is 13.9. The topological polar surface area (TPSA) is 88.2 Å². The van der Waals surface area contributed by atoms with Crippen LogP contribution >= 0.6 is 0 Å². The maximum Gasteiger partial charge on any atom is 0.200 e. The van der Waals surface area contributed by atoms with Gasteiger partial charge in [-0.15, -0.1) is 5.10 Å². The van der Waals surface area contributed by atoms with Gasteiger partial charge in [-0.3, -0.25) is 4.98 Å². The molecule has 0 bridgehead atoms. The Morgan fingerprint density at radius 2 is 2.08 bits per heavy atom. The summed E-state index contributed by atoms with van der Waals surface area (Å²) in [5.74, 6) is 0.257. The summed E-state index contributed by atoms with van der Waals surface area (Å²) in [4.78, 5) is 12.7. The standard InChI is InChI=1S/C18H15FN6O/c1-11-3-2-4-15(21-11)17-23-18(22-14-5-7-20-9-13(14)19)16-12(10-26)6-8-25(16)24-17/h2-9,26H,10H2,1H3,(H,20,22,23,24). The molecule has 4 aromatic rings. The van der Waals surface area contributed by atoms with Crippen LogP contribution in [0.25, 0.3) is 17.0 Å². The Balaban J connectivity index is 1.91. The number of hydrogen-bond acceptors (Lipinski definition) is 6. The molecule has 26 heavy (non-hydrogen) atoms. The van der Waals surface area contributed by atoms with Crippen LogP contribution in [-0.4, -0.2) is 29.7 Å². The molecule has 2 N–H and O–H groups in total. The van der Waals surface area contributed by atoms with Crippen molar-refractivity contribution in [1.82, 2.24) is 24.6 Å². The molecular weight excluding hydrogens is 335 g/mol. The van der Waals surface area contributed by atoms with E-state index in [-0.39, 0.29) is 12.3 Å². The zero-order chi connectivity index (χ0) is 18.1. The molecule has 0 fully saturated rings. The zero-order valence-electron chi connectivity index (χ0n) is 13.9. The largest absolute Gasteiger partial charge is 0.392 e. The number of aryl methyl sites for hydroxylation is 1.